The average molecular weight is 492 g/mol. The summed E-state index contributed by atoms with van der Waals surface area (Å²) in [4.78, 5) is 54.6. The van der Waals surface area contributed by atoms with E-state index in [1.54, 1.807) is 19.1 Å². The van der Waals surface area contributed by atoms with Gasteiger partial charge in [-0.05, 0) is 55.9 Å². The van der Waals surface area contributed by atoms with Crippen molar-refractivity contribution in [2.24, 2.45) is 17.8 Å². The van der Waals surface area contributed by atoms with Crippen molar-refractivity contribution in [3.63, 3.8) is 0 Å². The highest BCUT2D eigenvalue weighted by molar-refractivity contribution is 6.23. The number of phenols is 1. The lowest BCUT2D eigenvalue weighted by Gasteiger charge is -2.42. The number of hydrogen-bond donors (Lipinski definition) is 1. The van der Waals surface area contributed by atoms with E-state index in [9.17, 15) is 24.3 Å². The number of imide groups is 1. The van der Waals surface area contributed by atoms with Crippen LogP contribution in [0.2, 0.25) is 0 Å². The van der Waals surface area contributed by atoms with Crippen molar-refractivity contribution in [3.8, 4) is 17.2 Å². The molecule has 1 aromatic carbocycles. The lowest BCUT2D eigenvalue weighted by atomic mass is 9.59. The predicted octanol–water partition coefficient (Wildman–Crippen LogP) is 3.25. The number of aromatic hydroxyl groups is 1. The van der Waals surface area contributed by atoms with Gasteiger partial charge in [-0.3, -0.25) is 24.1 Å². The van der Waals surface area contributed by atoms with Crippen LogP contribution >= 0.6 is 0 Å². The third kappa shape index (κ3) is 3.34. The van der Waals surface area contributed by atoms with E-state index in [2.05, 4.69) is 0 Å². The summed E-state index contributed by atoms with van der Waals surface area (Å²) in [5, 5.41) is 10.5. The van der Waals surface area contributed by atoms with Crippen molar-refractivity contribution in [1.82, 2.24) is 4.90 Å². The number of rotatable bonds is 5. The molecule has 1 N–H and O–H groups in total. The van der Waals surface area contributed by atoms with E-state index in [1.807, 2.05) is 13.0 Å². The number of carbonyl (C=O) groups excluding carboxylic acids is 4. The molecule has 2 amide bonds. The topological polar surface area (TPSA) is 110 Å². The zero-order chi connectivity index (χ0) is 25.9. The van der Waals surface area contributed by atoms with Crippen molar-refractivity contribution in [3.05, 3.63) is 52.1 Å². The van der Waals surface area contributed by atoms with Gasteiger partial charge in [-0.2, -0.15) is 0 Å². The van der Waals surface area contributed by atoms with E-state index in [0.717, 1.165) is 5.57 Å². The maximum absolute atomic E-state index is 13.5. The number of likely N-dealkylation sites (tertiary alicyclic amines) is 1. The van der Waals surface area contributed by atoms with Crippen LogP contribution in [0.4, 0.5) is 0 Å². The number of fused-ring (bicyclic) bond motifs is 3. The number of phenolic OH excluding ortho intramolecular Hbond substituents is 1. The monoisotopic (exact) mass is 491 g/mol. The number of nitrogens with zero attached hydrogens (tertiary/aromatic N) is 1. The van der Waals surface area contributed by atoms with Gasteiger partial charge in [0, 0.05) is 29.2 Å². The van der Waals surface area contributed by atoms with Gasteiger partial charge in [0.1, 0.15) is 0 Å². The number of benzene rings is 1. The number of carbonyl (C=O) groups is 4. The van der Waals surface area contributed by atoms with Gasteiger partial charge in [0.05, 0.1) is 26.1 Å². The first-order valence-electron chi connectivity index (χ1n) is 12.2. The Kier molecular flexibility index (Phi) is 5.85. The molecule has 0 saturated carbocycles. The highest BCUT2D eigenvalue weighted by Gasteiger charge is 2.56. The van der Waals surface area contributed by atoms with Gasteiger partial charge in [0.2, 0.25) is 17.6 Å². The molecule has 1 aliphatic heterocycles. The van der Waals surface area contributed by atoms with E-state index >= 15 is 0 Å². The lowest BCUT2D eigenvalue weighted by molar-refractivity contribution is -0.140. The van der Waals surface area contributed by atoms with Crippen LogP contribution in [-0.4, -0.2) is 54.2 Å². The number of amides is 2. The van der Waals surface area contributed by atoms with E-state index < -0.39 is 17.8 Å². The molecule has 1 fully saturated rings. The van der Waals surface area contributed by atoms with Gasteiger partial charge in [-0.25, -0.2) is 0 Å². The summed E-state index contributed by atoms with van der Waals surface area (Å²) in [6.45, 7) is 3.92. The molecule has 8 nitrogen and oxygen atoms in total. The Morgan fingerprint density at radius 2 is 1.69 bits per heavy atom. The number of ketones is 2. The molecule has 8 heteroatoms. The normalized spacial score (nSPS) is 27.4. The van der Waals surface area contributed by atoms with Crippen LogP contribution in [-0.2, 0) is 19.2 Å². The first kappa shape index (κ1) is 24.0. The van der Waals surface area contributed by atoms with Crippen LogP contribution in [0.5, 0.6) is 17.2 Å². The minimum absolute atomic E-state index is 0.159. The van der Waals surface area contributed by atoms with Gasteiger partial charge in [-0.1, -0.05) is 18.6 Å². The maximum Gasteiger partial charge on any atom is 0.233 e. The Morgan fingerprint density at radius 1 is 1.03 bits per heavy atom. The molecule has 1 saturated heterocycles. The molecule has 1 heterocycles. The van der Waals surface area contributed by atoms with Crippen LogP contribution in [0, 0.1) is 17.8 Å². The molecular formula is C28H29NO7. The van der Waals surface area contributed by atoms with Crippen molar-refractivity contribution in [2.45, 2.75) is 39.0 Å². The second kappa shape index (κ2) is 8.76. The van der Waals surface area contributed by atoms with E-state index in [4.69, 9.17) is 9.47 Å². The van der Waals surface area contributed by atoms with Gasteiger partial charge < -0.3 is 14.6 Å². The van der Waals surface area contributed by atoms with Crippen LogP contribution < -0.4 is 9.47 Å². The first-order valence-corrected chi connectivity index (χ1v) is 12.2. The molecule has 0 aromatic heterocycles. The minimum atomic E-state index is -0.633. The fourth-order valence-electron chi connectivity index (χ4n) is 6.33. The third-order valence-corrected chi connectivity index (χ3v) is 7.94. The zero-order valence-electron chi connectivity index (χ0n) is 20.8. The first-order chi connectivity index (χ1) is 17.2. The Hall–Kier alpha value is -3.68. The summed E-state index contributed by atoms with van der Waals surface area (Å²) in [5.74, 6) is -2.70. The van der Waals surface area contributed by atoms with Crippen molar-refractivity contribution < 1.29 is 33.8 Å². The summed E-state index contributed by atoms with van der Waals surface area (Å²) >= 11 is 0. The molecule has 3 aliphatic carbocycles. The molecule has 36 heavy (non-hydrogen) atoms. The molecule has 1 aromatic rings. The summed E-state index contributed by atoms with van der Waals surface area (Å²) < 4.78 is 10.7. The number of hydrogen-bond acceptors (Lipinski definition) is 7. The summed E-state index contributed by atoms with van der Waals surface area (Å²) in [6.07, 6.45) is 4.63. The number of allylic oxidation sites excluding steroid dienone is 6. The fourth-order valence-corrected chi connectivity index (χ4v) is 6.33. The van der Waals surface area contributed by atoms with Crippen LogP contribution in [0.25, 0.3) is 0 Å². The Morgan fingerprint density at radius 3 is 2.31 bits per heavy atom. The minimum Gasteiger partial charge on any atom is -0.502 e. The quantitative estimate of drug-likeness (QED) is 0.382. The smallest absolute Gasteiger partial charge is 0.233 e. The maximum atomic E-state index is 13.5. The molecule has 188 valence electrons. The second-order valence-electron chi connectivity index (χ2n) is 9.83. The second-order valence-corrected chi connectivity index (χ2v) is 9.83. The number of Topliss-reactive ketones (excluding diaryl/α,β-unsaturated/α-hetero) is 1. The van der Waals surface area contributed by atoms with E-state index in [0.29, 0.717) is 41.7 Å². The molecule has 0 bridgehead atoms. The summed E-state index contributed by atoms with van der Waals surface area (Å²) in [5.41, 5.74) is 2.59. The van der Waals surface area contributed by atoms with E-state index in [-0.39, 0.29) is 53.0 Å². The molecule has 4 unspecified atom stereocenters. The Labute approximate surface area is 209 Å². The van der Waals surface area contributed by atoms with Crippen LogP contribution in [0.1, 0.15) is 44.6 Å². The standard InChI is InChI=1S/C28H29NO7/c1-5-8-29-27(33)16-7-6-15-17(23(16)28(29)34)12-18-19(30)9-13(2)25(31)24(18)22(15)14-10-20(35-3)26(32)21(11-14)36-4/h6,9-11,16-17,22-23,32H,5,7-8,12H2,1-4H3. The van der Waals surface area contributed by atoms with Gasteiger partial charge in [0.15, 0.2) is 23.1 Å². The van der Waals surface area contributed by atoms with Gasteiger partial charge >= 0.3 is 0 Å². The zero-order valence-corrected chi connectivity index (χ0v) is 20.8. The number of ether oxygens (including phenoxy) is 2. The Balaban J connectivity index is 1.71. The van der Waals surface area contributed by atoms with Crippen molar-refractivity contribution in [1.29, 1.82) is 0 Å². The van der Waals surface area contributed by atoms with Gasteiger partial charge in [-0.15, -0.1) is 0 Å². The lowest BCUT2D eigenvalue weighted by Crippen LogP contribution is -2.39. The molecule has 5 rings (SSSR count). The average Bonchev–Trinajstić information content (AvgIpc) is 3.11. The van der Waals surface area contributed by atoms with Crippen molar-refractivity contribution >= 4 is 23.4 Å². The van der Waals surface area contributed by atoms with E-state index in [1.165, 1.54) is 25.2 Å². The van der Waals surface area contributed by atoms with Gasteiger partial charge in [0.25, 0.3) is 0 Å². The summed E-state index contributed by atoms with van der Waals surface area (Å²) in [6, 6.07) is 3.28. The molecule has 4 atom stereocenters. The molecule has 0 spiro atoms. The SMILES string of the molecule is CCCN1C(=O)C2CC=C3C(c4cc(OC)c(O)c(OC)c4)C4=C(CC3C2C1=O)C(=O)C=C(C)C4=O. The van der Waals surface area contributed by atoms with Crippen molar-refractivity contribution in [2.75, 3.05) is 20.8 Å². The van der Waals surface area contributed by atoms with Crippen LogP contribution in [0.15, 0.2) is 46.6 Å². The van der Waals surface area contributed by atoms with Crippen LogP contribution in [0.3, 0.4) is 0 Å². The highest BCUT2D eigenvalue weighted by Crippen LogP contribution is 2.56. The fraction of sp³-hybridized carbons (Fsp3) is 0.429. The predicted molar refractivity (Wildman–Crippen MR) is 130 cm³/mol. The number of methoxy groups -OCH3 is 2. The molecule has 0 radical (unpaired) electrons. The Bertz CT molecular complexity index is 1280. The highest BCUT2D eigenvalue weighted by atomic mass is 16.5. The molecular weight excluding hydrogens is 462 g/mol. The summed E-state index contributed by atoms with van der Waals surface area (Å²) in [7, 11) is 2.84. The molecule has 4 aliphatic rings. The largest absolute Gasteiger partial charge is 0.502 e. The third-order valence-electron chi connectivity index (χ3n) is 7.94.